The number of anilines is 1. The first-order valence-electron chi connectivity index (χ1n) is 12.4. The summed E-state index contributed by atoms with van der Waals surface area (Å²) in [6.45, 7) is 4.45. The fraction of sp³-hybridized carbons (Fsp3) is 0.276. The SMILES string of the molecule is CCCCc1ccc(NC(=O)CSc2nnc(COc3ccc(C)cc3)n2-c2ccc(OC)cc2)cc1. The van der Waals surface area contributed by atoms with Crippen LogP contribution in [-0.2, 0) is 17.8 Å². The minimum Gasteiger partial charge on any atom is -0.497 e. The van der Waals surface area contributed by atoms with E-state index in [2.05, 4.69) is 34.6 Å². The van der Waals surface area contributed by atoms with Gasteiger partial charge in [-0.2, -0.15) is 0 Å². The van der Waals surface area contributed by atoms with Crippen molar-refractivity contribution in [2.45, 2.75) is 44.9 Å². The molecule has 4 rings (SSSR count). The quantitative estimate of drug-likeness (QED) is 0.225. The molecule has 0 aliphatic rings. The van der Waals surface area contributed by atoms with Crippen LogP contribution in [0.1, 0.15) is 36.7 Å². The normalized spacial score (nSPS) is 10.8. The number of amides is 1. The second kappa shape index (κ2) is 13.0. The van der Waals surface area contributed by atoms with Crippen LogP contribution in [0.25, 0.3) is 5.69 Å². The first kappa shape index (κ1) is 26.3. The van der Waals surface area contributed by atoms with E-state index in [-0.39, 0.29) is 18.3 Å². The van der Waals surface area contributed by atoms with Crippen LogP contribution in [0.5, 0.6) is 11.5 Å². The molecule has 0 atom stereocenters. The molecule has 1 amide bonds. The number of methoxy groups -OCH3 is 1. The third-order valence-corrected chi connectivity index (χ3v) is 6.74. The number of aryl methyl sites for hydroxylation is 2. The van der Waals surface area contributed by atoms with Gasteiger partial charge >= 0.3 is 0 Å². The summed E-state index contributed by atoms with van der Waals surface area (Å²) in [7, 11) is 1.63. The van der Waals surface area contributed by atoms with E-state index in [0.29, 0.717) is 11.0 Å². The van der Waals surface area contributed by atoms with E-state index in [9.17, 15) is 4.79 Å². The van der Waals surface area contributed by atoms with Crippen LogP contribution in [0, 0.1) is 6.92 Å². The Morgan fingerprint density at radius 2 is 1.65 bits per heavy atom. The van der Waals surface area contributed by atoms with Crippen LogP contribution in [0.2, 0.25) is 0 Å². The summed E-state index contributed by atoms with van der Waals surface area (Å²) in [5, 5.41) is 12.3. The van der Waals surface area contributed by atoms with Gasteiger partial charge in [0.15, 0.2) is 11.0 Å². The predicted octanol–water partition coefficient (Wildman–Crippen LogP) is 6.24. The average Bonchev–Trinajstić information content (AvgIpc) is 3.34. The highest BCUT2D eigenvalue weighted by molar-refractivity contribution is 7.99. The fourth-order valence-electron chi connectivity index (χ4n) is 3.72. The first-order valence-corrected chi connectivity index (χ1v) is 13.3. The molecule has 3 aromatic carbocycles. The van der Waals surface area contributed by atoms with E-state index in [1.807, 2.05) is 72.2 Å². The lowest BCUT2D eigenvalue weighted by Gasteiger charge is -2.12. The molecule has 1 N–H and O–H groups in total. The standard InChI is InChI=1S/C29H32N4O3S/c1-4-5-6-22-9-11-23(12-10-22)30-28(34)20-37-29-32-31-27(19-36-26-15-7-21(2)8-16-26)33(29)24-13-17-25(35-3)18-14-24/h7-18H,4-6,19-20H2,1-3H3,(H,30,34). The van der Waals surface area contributed by atoms with Gasteiger partial charge in [-0.15, -0.1) is 10.2 Å². The van der Waals surface area contributed by atoms with Gasteiger partial charge < -0.3 is 14.8 Å². The van der Waals surface area contributed by atoms with Crippen molar-refractivity contribution in [2.75, 3.05) is 18.2 Å². The largest absolute Gasteiger partial charge is 0.497 e. The zero-order valence-electron chi connectivity index (χ0n) is 21.4. The molecule has 0 aliphatic heterocycles. The van der Waals surface area contributed by atoms with Crippen molar-refractivity contribution in [3.63, 3.8) is 0 Å². The van der Waals surface area contributed by atoms with E-state index < -0.39 is 0 Å². The summed E-state index contributed by atoms with van der Waals surface area (Å²) >= 11 is 1.33. The molecule has 0 aliphatic carbocycles. The van der Waals surface area contributed by atoms with Crippen molar-refractivity contribution in [3.8, 4) is 17.2 Å². The molecule has 4 aromatic rings. The summed E-state index contributed by atoms with van der Waals surface area (Å²) < 4.78 is 13.2. The maximum atomic E-state index is 12.7. The van der Waals surface area contributed by atoms with Gasteiger partial charge in [0.05, 0.1) is 12.9 Å². The molecule has 0 spiro atoms. The molecule has 0 fully saturated rings. The molecule has 37 heavy (non-hydrogen) atoms. The predicted molar refractivity (Wildman–Crippen MR) is 148 cm³/mol. The molecule has 0 saturated heterocycles. The Morgan fingerprint density at radius 1 is 0.946 bits per heavy atom. The Hall–Kier alpha value is -3.78. The summed E-state index contributed by atoms with van der Waals surface area (Å²) in [5.74, 6) is 2.24. The Labute approximate surface area is 222 Å². The smallest absolute Gasteiger partial charge is 0.234 e. The van der Waals surface area contributed by atoms with Crippen LogP contribution in [0.4, 0.5) is 5.69 Å². The van der Waals surface area contributed by atoms with Gasteiger partial charge in [0.1, 0.15) is 18.1 Å². The summed E-state index contributed by atoms with van der Waals surface area (Å²) in [5.41, 5.74) is 4.09. The van der Waals surface area contributed by atoms with Gasteiger partial charge in [-0.25, -0.2) is 0 Å². The molecule has 0 saturated carbocycles. The zero-order chi connectivity index (χ0) is 26.0. The van der Waals surface area contributed by atoms with E-state index in [4.69, 9.17) is 9.47 Å². The maximum absolute atomic E-state index is 12.7. The highest BCUT2D eigenvalue weighted by atomic mass is 32.2. The van der Waals surface area contributed by atoms with Crippen molar-refractivity contribution >= 4 is 23.4 Å². The zero-order valence-corrected chi connectivity index (χ0v) is 22.3. The van der Waals surface area contributed by atoms with E-state index >= 15 is 0 Å². The Kier molecular flexibility index (Phi) is 9.21. The lowest BCUT2D eigenvalue weighted by atomic mass is 10.1. The number of carbonyl (C=O) groups is 1. The summed E-state index contributed by atoms with van der Waals surface area (Å²) in [6.07, 6.45) is 3.38. The highest BCUT2D eigenvalue weighted by Crippen LogP contribution is 2.25. The van der Waals surface area contributed by atoms with Gasteiger partial charge in [0, 0.05) is 11.4 Å². The molecular weight excluding hydrogens is 484 g/mol. The molecule has 0 bridgehead atoms. The van der Waals surface area contributed by atoms with Crippen LogP contribution in [0.3, 0.4) is 0 Å². The second-order valence-electron chi connectivity index (χ2n) is 8.67. The van der Waals surface area contributed by atoms with Crippen molar-refractivity contribution in [2.24, 2.45) is 0 Å². The monoisotopic (exact) mass is 516 g/mol. The van der Waals surface area contributed by atoms with Gasteiger partial charge in [-0.1, -0.05) is 54.9 Å². The molecular formula is C29H32N4O3S. The number of rotatable bonds is 12. The number of thioether (sulfide) groups is 1. The van der Waals surface area contributed by atoms with Crippen LogP contribution in [0.15, 0.2) is 78.0 Å². The van der Waals surface area contributed by atoms with E-state index in [1.54, 1.807) is 7.11 Å². The molecule has 1 aromatic heterocycles. The van der Waals surface area contributed by atoms with Crippen molar-refractivity contribution < 1.29 is 14.3 Å². The average molecular weight is 517 g/mol. The van der Waals surface area contributed by atoms with Crippen LogP contribution >= 0.6 is 11.8 Å². The third kappa shape index (κ3) is 7.36. The number of aromatic nitrogens is 3. The molecule has 8 heteroatoms. The fourth-order valence-corrected chi connectivity index (χ4v) is 4.49. The van der Waals surface area contributed by atoms with E-state index in [1.165, 1.54) is 17.3 Å². The van der Waals surface area contributed by atoms with Crippen molar-refractivity contribution in [3.05, 3.63) is 89.7 Å². The van der Waals surface area contributed by atoms with Gasteiger partial charge in [-0.05, 0) is 73.9 Å². The number of benzene rings is 3. The minimum atomic E-state index is -0.104. The molecule has 0 radical (unpaired) electrons. The Balaban J connectivity index is 1.45. The molecule has 1 heterocycles. The van der Waals surface area contributed by atoms with Crippen molar-refractivity contribution in [1.82, 2.24) is 14.8 Å². The number of hydrogen-bond donors (Lipinski definition) is 1. The number of nitrogens with one attached hydrogen (secondary N) is 1. The topological polar surface area (TPSA) is 78.3 Å². The maximum Gasteiger partial charge on any atom is 0.234 e. The summed E-state index contributed by atoms with van der Waals surface area (Å²) in [4.78, 5) is 12.7. The number of carbonyl (C=O) groups excluding carboxylic acids is 1. The lowest BCUT2D eigenvalue weighted by molar-refractivity contribution is -0.113. The molecule has 192 valence electrons. The van der Waals surface area contributed by atoms with Crippen LogP contribution < -0.4 is 14.8 Å². The second-order valence-corrected chi connectivity index (χ2v) is 9.61. The van der Waals surface area contributed by atoms with Gasteiger partial charge in [0.2, 0.25) is 5.91 Å². The van der Waals surface area contributed by atoms with Gasteiger partial charge in [0.25, 0.3) is 0 Å². The lowest BCUT2D eigenvalue weighted by Crippen LogP contribution is -2.14. The number of nitrogens with zero attached hydrogens (tertiary/aromatic N) is 3. The van der Waals surface area contributed by atoms with Crippen LogP contribution in [-0.4, -0.2) is 33.5 Å². The number of ether oxygens (including phenoxy) is 2. The molecule has 0 unspecified atom stereocenters. The Bertz CT molecular complexity index is 1290. The Morgan fingerprint density at radius 3 is 2.32 bits per heavy atom. The minimum absolute atomic E-state index is 0.104. The van der Waals surface area contributed by atoms with Gasteiger partial charge in [-0.3, -0.25) is 9.36 Å². The third-order valence-electron chi connectivity index (χ3n) is 5.81. The number of hydrogen-bond acceptors (Lipinski definition) is 6. The number of unbranched alkanes of at least 4 members (excludes halogenated alkanes) is 1. The highest BCUT2D eigenvalue weighted by Gasteiger charge is 2.17. The molecule has 7 nitrogen and oxygen atoms in total. The van der Waals surface area contributed by atoms with Crippen molar-refractivity contribution in [1.29, 1.82) is 0 Å². The van der Waals surface area contributed by atoms with E-state index in [0.717, 1.165) is 47.7 Å². The first-order chi connectivity index (χ1) is 18.1. The summed E-state index contributed by atoms with van der Waals surface area (Å²) in [6, 6.07) is 23.5.